The van der Waals surface area contributed by atoms with Gasteiger partial charge in [-0.15, -0.1) is 0 Å². The molecule has 1 aromatic rings. The van der Waals surface area contributed by atoms with E-state index in [1.165, 1.54) is 43.4 Å². The Balaban J connectivity index is 2.56. The molecule has 0 saturated heterocycles. The average Bonchev–Trinajstić information content (AvgIpc) is 2.34. The number of aryl methyl sites for hydroxylation is 1. The van der Waals surface area contributed by atoms with E-state index in [2.05, 4.69) is 37.1 Å². The summed E-state index contributed by atoms with van der Waals surface area (Å²) < 4.78 is 0. The Bertz CT molecular complexity index is 310. The van der Waals surface area contributed by atoms with Gasteiger partial charge in [-0.1, -0.05) is 45.6 Å². The molecule has 1 unspecified atom stereocenters. The third-order valence-corrected chi connectivity index (χ3v) is 3.18. The molecular weight excluding hydrogens is 208 g/mol. The molecule has 0 bridgehead atoms. The summed E-state index contributed by atoms with van der Waals surface area (Å²) in [5.74, 6) is 0. The second-order valence-electron chi connectivity index (χ2n) is 4.67. The van der Waals surface area contributed by atoms with E-state index in [1.54, 1.807) is 0 Å². The van der Waals surface area contributed by atoms with Crippen LogP contribution in [0.3, 0.4) is 0 Å². The largest absolute Gasteiger partial charge is 0.309 e. The Kier molecular flexibility index (Phi) is 6.87. The lowest BCUT2D eigenvalue weighted by molar-refractivity contribution is 0.471. The lowest BCUT2D eigenvalue weighted by atomic mass is 10.0. The van der Waals surface area contributed by atoms with Crippen molar-refractivity contribution in [2.24, 2.45) is 0 Å². The molecule has 0 aromatic carbocycles. The van der Waals surface area contributed by atoms with Gasteiger partial charge in [0.25, 0.3) is 0 Å². The molecule has 1 rings (SSSR count). The lowest BCUT2D eigenvalue weighted by Gasteiger charge is -2.19. The first-order chi connectivity index (χ1) is 8.29. The highest BCUT2D eigenvalue weighted by molar-refractivity contribution is 5.20. The molecule has 1 N–H and O–H groups in total. The van der Waals surface area contributed by atoms with Crippen LogP contribution in [0.5, 0.6) is 0 Å². The van der Waals surface area contributed by atoms with Crippen LogP contribution in [0.2, 0.25) is 0 Å². The number of hydrogen-bond donors (Lipinski definition) is 1. The fourth-order valence-electron chi connectivity index (χ4n) is 2.22. The molecule has 0 radical (unpaired) electrons. The lowest BCUT2D eigenvalue weighted by Crippen LogP contribution is -2.22. The van der Waals surface area contributed by atoms with Crippen molar-refractivity contribution in [1.82, 2.24) is 10.3 Å². The summed E-state index contributed by atoms with van der Waals surface area (Å²) >= 11 is 0. The van der Waals surface area contributed by atoms with E-state index >= 15 is 0 Å². The van der Waals surface area contributed by atoms with Gasteiger partial charge in [0.05, 0.1) is 5.69 Å². The Morgan fingerprint density at radius 3 is 2.71 bits per heavy atom. The van der Waals surface area contributed by atoms with Crippen molar-refractivity contribution < 1.29 is 0 Å². The highest BCUT2D eigenvalue weighted by Gasteiger charge is 2.13. The molecule has 0 aliphatic rings. The average molecular weight is 234 g/mol. The molecule has 1 aromatic heterocycles. The number of rotatable bonds is 8. The van der Waals surface area contributed by atoms with Gasteiger partial charge < -0.3 is 5.32 Å². The second kappa shape index (κ2) is 8.24. The third kappa shape index (κ3) is 4.86. The maximum atomic E-state index is 4.53. The predicted molar refractivity (Wildman–Crippen MR) is 74.2 cm³/mol. The van der Waals surface area contributed by atoms with Crippen molar-refractivity contribution in [3.8, 4) is 0 Å². The highest BCUT2D eigenvalue weighted by atomic mass is 14.9. The van der Waals surface area contributed by atoms with Crippen LogP contribution in [0.25, 0.3) is 0 Å². The van der Waals surface area contributed by atoms with E-state index in [-0.39, 0.29) is 0 Å². The van der Waals surface area contributed by atoms with Gasteiger partial charge in [-0.05, 0) is 31.5 Å². The standard InChI is InChI=1S/C15H26N2/c1-4-6-7-8-11-14(16-5-2)15-13(3)10-9-12-17-15/h9-10,12,14,16H,4-8,11H2,1-3H3. The Morgan fingerprint density at radius 1 is 1.24 bits per heavy atom. The van der Waals surface area contributed by atoms with Crippen LogP contribution in [0, 0.1) is 6.92 Å². The van der Waals surface area contributed by atoms with Crippen LogP contribution in [0.15, 0.2) is 18.3 Å². The van der Waals surface area contributed by atoms with Crippen molar-refractivity contribution >= 4 is 0 Å². The SMILES string of the molecule is CCCCCCC(NCC)c1ncccc1C. The molecule has 0 spiro atoms. The van der Waals surface area contributed by atoms with Gasteiger partial charge in [-0.25, -0.2) is 0 Å². The van der Waals surface area contributed by atoms with E-state index in [4.69, 9.17) is 0 Å². The molecule has 96 valence electrons. The molecular formula is C15H26N2. The van der Waals surface area contributed by atoms with Crippen molar-refractivity contribution in [1.29, 1.82) is 0 Å². The molecule has 0 aliphatic heterocycles. The van der Waals surface area contributed by atoms with E-state index in [0.29, 0.717) is 6.04 Å². The van der Waals surface area contributed by atoms with Crippen molar-refractivity contribution in [2.45, 2.75) is 58.9 Å². The molecule has 0 saturated carbocycles. The zero-order chi connectivity index (χ0) is 12.5. The van der Waals surface area contributed by atoms with Gasteiger partial charge in [0.2, 0.25) is 0 Å². The van der Waals surface area contributed by atoms with Crippen LogP contribution < -0.4 is 5.32 Å². The highest BCUT2D eigenvalue weighted by Crippen LogP contribution is 2.20. The summed E-state index contributed by atoms with van der Waals surface area (Å²) in [5, 5.41) is 3.55. The van der Waals surface area contributed by atoms with E-state index < -0.39 is 0 Å². The molecule has 2 heteroatoms. The molecule has 17 heavy (non-hydrogen) atoms. The molecule has 0 amide bonds. The maximum Gasteiger partial charge on any atom is 0.0602 e. The third-order valence-electron chi connectivity index (χ3n) is 3.18. The Labute approximate surface area is 106 Å². The van der Waals surface area contributed by atoms with Crippen molar-refractivity contribution in [2.75, 3.05) is 6.54 Å². The van der Waals surface area contributed by atoms with Gasteiger partial charge in [0.1, 0.15) is 0 Å². The fraction of sp³-hybridized carbons (Fsp3) is 0.667. The van der Waals surface area contributed by atoms with Gasteiger partial charge in [0, 0.05) is 12.2 Å². The first-order valence-corrected chi connectivity index (χ1v) is 6.94. The maximum absolute atomic E-state index is 4.53. The number of nitrogens with one attached hydrogen (secondary N) is 1. The summed E-state index contributed by atoms with van der Waals surface area (Å²) in [4.78, 5) is 4.53. The summed E-state index contributed by atoms with van der Waals surface area (Å²) in [5.41, 5.74) is 2.53. The molecule has 1 heterocycles. The van der Waals surface area contributed by atoms with Gasteiger partial charge >= 0.3 is 0 Å². The summed E-state index contributed by atoms with van der Waals surface area (Å²) in [6, 6.07) is 4.59. The van der Waals surface area contributed by atoms with Gasteiger partial charge in [-0.2, -0.15) is 0 Å². The zero-order valence-corrected chi connectivity index (χ0v) is 11.5. The minimum Gasteiger partial charge on any atom is -0.309 e. The topological polar surface area (TPSA) is 24.9 Å². The van der Waals surface area contributed by atoms with Crippen LogP contribution >= 0.6 is 0 Å². The Morgan fingerprint density at radius 2 is 2.06 bits per heavy atom. The zero-order valence-electron chi connectivity index (χ0n) is 11.5. The minimum atomic E-state index is 0.429. The quantitative estimate of drug-likeness (QED) is 0.687. The van der Waals surface area contributed by atoms with Crippen LogP contribution in [0.1, 0.15) is 63.3 Å². The molecule has 1 atom stereocenters. The predicted octanol–water partition coefficient (Wildman–Crippen LogP) is 4.01. The Hall–Kier alpha value is -0.890. The van der Waals surface area contributed by atoms with Crippen molar-refractivity contribution in [3.63, 3.8) is 0 Å². The molecule has 0 aliphatic carbocycles. The fourth-order valence-corrected chi connectivity index (χ4v) is 2.22. The van der Waals surface area contributed by atoms with Gasteiger partial charge in [0.15, 0.2) is 0 Å². The monoisotopic (exact) mass is 234 g/mol. The smallest absolute Gasteiger partial charge is 0.0602 e. The minimum absolute atomic E-state index is 0.429. The van der Waals surface area contributed by atoms with E-state index in [0.717, 1.165) is 6.54 Å². The first-order valence-electron chi connectivity index (χ1n) is 6.94. The van der Waals surface area contributed by atoms with Gasteiger partial charge in [-0.3, -0.25) is 4.98 Å². The number of pyridine rings is 1. The summed E-state index contributed by atoms with van der Waals surface area (Å²) in [7, 11) is 0. The van der Waals surface area contributed by atoms with E-state index in [1.807, 2.05) is 12.3 Å². The number of nitrogens with zero attached hydrogens (tertiary/aromatic N) is 1. The van der Waals surface area contributed by atoms with Crippen LogP contribution in [-0.4, -0.2) is 11.5 Å². The number of aromatic nitrogens is 1. The first kappa shape index (κ1) is 14.2. The second-order valence-corrected chi connectivity index (χ2v) is 4.67. The van der Waals surface area contributed by atoms with Crippen LogP contribution in [0.4, 0.5) is 0 Å². The van der Waals surface area contributed by atoms with Crippen LogP contribution in [-0.2, 0) is 0 Å². The van der Waals surface area contributed by atoms with E-state index in [9.17, 15) is 0 Å². The normalized spacial score (nSPS) is 12.6. The summed E-state index contributed by atoms with van der Waals surface area (Å²) in [6.45, 7) is 7.58. The number of unbranched alkanes of at least 4 members (excludes halogenated alkanes) is 3. The number of hydrogen-bond acceptors (Lipinski definition) is 2. The van der Waals surface area contributed by atoms with Crippen molar-refractivity contribution in [3.05, 3.63) is 29.6 Å². The molecule has 0 fully saturated rings. The summed E-state index contributed by atoms with van der Waals surface area (Å²) in [6.07, 6.45) is 8.38. The molecule has 2 nitrogen and oxygen atoms in total.